The minimum Gasteiger partial charge on any atom is -0.337 e. The van der Waals surface area contributed by atoms with E-state index in [1.165, 1.54) is 23.1 Å². The van der Waals surface area contributed by atoms with Gasteiger partial charge in [-0.1, -0.05) is 47.2 Å². The first-order chi connectivity index (χ1) is 17.3. The first kappa shape index (κ1) is 24.3. The van der Waals surface area contributed by atoms with E-state index in [9.17, 15) is 14.4 Å². The molecule has 2 aromatic carbocycles. The molecule has 1 aliphatic heterocycles. The Bertz CT molecular complexity index is 1520. The lowest BCUT2D eigenvalue weighted by Crippen LogP contribution is -2.34. The van der Waals surface area contributed by atoms with Gasteiger partial charge in [0.05, 0.1) is 23.4 Å². The molecule has 2 amide bonds. The molecule has 7 nitrogen and oxygen atoms in total. The number of carbonyl (C=O) groups is 2. The van der Waals surface area contributed by atoms with Crippen molar-refractivity contribution in [2.24, 2.45) is 0 Å². The molecule has 0 spiro atoms. The van der Waals surface area contributed by atoms with Gasteiger partial charge in [0.2, 0.25) is 11.8 Å². The summed E-state index contributed by atoms with van der Waals surface area (Å²) in [6.07, 6.45) is 0.630. The van der Waals surface area contributed by atoms with Crippen LogP contribution in [0.15, 0.2) is 58.5 Å². The molecule has 0 saturated carbocycles. The third-order valence-corrected chi connectivity index (χ3v) is 8.30. The number of fused-ring (bicyclic) bond motifs is 3. The van der Waals surface area contributed by atoms with Crippen LogP contribution in [0.5, 0.6) is 0 Å². The molecule has 2 aromatic heterocycles. The predicted octanol–water partition coefficient (Wildman–Crippen LogP) is 4.70. The zero-order valence-electron chi connectivity index (χ0n) is 20.3. The highest BCUT2D eigenvalue weighted by atomic mass is 32.2. The van der Waals surface area contributed by atoms with Crippen molar-refractivity contribution in [3.05, 3.63) is 80.5 Å². The van der Waals surface area contributed by atoms with Crippen LogP contribution in [0, 0.1) is 13.8 Å². The number of anilines is 1. The van der Waals surface area contributed by atoms with Crippen LogP contribution >= 0.6 is 23.1 Å². The molecule has 0 radical (unpaired) electrons. The number of nitrogens with one attached hydrogen (secondary N) is 1. The largest absolute Gasteiger partial charge is 0.337 e. The molecule has 36 heavy (non-hydrogen) atoms. The molecule has 5 rings (SSSR count). The van der Waals surface area contributed by atoms with Gasteiger partial charge in [0, 0.05) is 24.0 Å². The molecule has 0 saturated heterocycles. The van der Waals surface area contributed by atoms with E-state index in [2.05, 4.69) is 5.32 Å². The maximum Gasteiger partial charge on any atom is 0.267 e. The van der Waals surface area contributed by atoms with E-state index >= 15 is 0 Å². The normalized spacial score (nSPS) is 13.0. The first-order valence-corrected chi connectivity index (χ1v) is 13.5. The molecule has 4 aromatic rings. The third kappa shape index (κ3) is 4.81. The van der Waals surface area contributed by atoms with Crippen molar-refractivity contribution in [2.45, 2.75) is 38.9 Å². The predicted molar refractivity (Wildman–Crippen MR) is 145 cm³/mol. The topological polar surface area (TPSA) is 84.3 Å². The van der Waals surface area contributed by atoms with Gasteiger partial charge in [-0.25, -0.2) is 4.98 Å². The lowest BCUT2D eigenvalue weighted by molar-refractivity contribution is -0.129. The molecule has 1 N–H and O–H groups in total. The Balaban J connectivity index is 1.52. The number of aryl methyl sites for hydroxylation is 2. The number of benzene rings is 2. The summed E-state index contributed by atoms with van der Waals surface area (Å²) in [5.41, 5.74) is 4.49. The average Bonchev–Trinajstić information content (AvgIpc) is 3.23. The number of hydrogen-bond donors (Lipinski definition) is 1. The highest BCUT2D eigenvalue weighted by Crippen LogP contribution is 2.34. The van der Waals surface area contributed by atoms with Gasteiger partial charge in [-0.3, -0.25) is 19.0 Å². The van der Waals surface area contributed by atoms with Crippen LogP contribution in [-0.2, 0) is 22.6 Å². The molecule has 3 heterocycles. The molecular weight excluding hydrogens is 492 g/mol. The van der Waals surface area contributed by atoms with E-state index in [0.29, 0.717) is 40.6 Å². The van der Waals surface area contributed by atoms with Crippen molar-refractivity contribution >= 4 is 50.8 Å². The number of thioether (sulfide) groups is 1. The number of nitrogens with zero attached hydrogens (tertiary/aromatic N) is 3. The maximum absolute atomic E-state index is 13.9. The Kier molecular flexibility index (Phi) is 6.68. The van der Waals surface area contributed by atoms with Crippen molar-refractivity contribution in [2.75, 3.05) is 17.6 Å². The van der Waals surface area contributed by atoms with Gasteiger partial charge in [0.25, 0.3) is 5.56 Å². The molecule has 9 heteroatoms. The maximum atomic E-state index is 13.9. The fourth-order valence-electron chi connectivity index (χ4n) is 4.28. The van der Waals surface area contributed by atoms with Gasteiger partial charge < -0.3 is 10.2 Å². The number of thiophene rings is 1. The fraction of sp³-hybridized carbons (Fsp3) is 0.259. The Hall–Kier alpha value is -3.43. The summed E-state index contributed by atoms with van der Waals surface area (Å²) < 4.78 is 1.61. The van der Waals surface area contributed by atoms with Gasteiger partial charge in [-0.05, 0) is 50.1 Å². The molecule has 0 atom stereocenters. The second-order valence-corrected chi connectivity index (χ2v) is 11.0. The second-order valence-electron chi connectivity index (χ2n) is 8.95. The molecule has 0 fully saturated rings. The van der Waals surface area contributed by atoms with E-state index < -0.39 is 0 Å². The summed E-state index contributed by atoms with van der Waals surface area (Å²) in [6, 6.07) is 15.3. The summed E-state index contributed by atoms with van der Waals surface area (Å²) in [5.74, 6) is -0.0313. The SMILES string of the molecule is CC(=O)N1CCc2c(sc3nc(SCC(=O)Nc4ccc(C)cc4)n(-c4ccc(C)cc4)c(=O)c23)C1. The quantitative estimate of drug-likeness (QED) is 0.306. The summed E-state index contributed by atoms with van der Waals surface area (Å²) in [6.45, 7) is 6.64. The van der Waals surface area contributed by atoms with Crippen LogP contribution < -0.4 is 10.9 Å². The van der Waals surface area contributed by atoms with Crippen molar-refractivity contribution in [1.82, 2.24) is 14.5 Å². The number of hydrogen-bond acceptors (Lipinski definition) is 6. The number of carbonyl (C=O) groups excluding carboxylic acids is 2. The van der Waals surface area contributed by atoms with Crippen molar-refractivity contribution in [3.63, 3.8) is 0 Å². The van der Waals surface area contributed by atoms with E-state index in [4.69, 9.17) is 4.98 Å². The zero-order chi connectivity index (χ0) is 25.4. The highest BCUT2D eigenvalue weighted by Gasteiger charge is 2.26. The zero-order valence-corrected chi connectivity index (χ0v) is 22.0. The Morgan fingerprint density at radius 2 is 1.72 bits per heavy atom. The van der Waals surface area contributed by atoms with Gasteiger partial charge in [-0.15, -0.1) is 11.3 Å². The van der Waals surface area contributed by atoms with Crippen LogP contribution in [0.2, 0.25) is 0 Å². The van der Waals surface area contributed by atoms with Gasteiger partial charge in [0.15, 0.2) is 5.16 Å². The lowest BCUT2D eigenvalue weighted by Gasteiger charge is -2.25. The Labute approximate surface area is 217 Å². The van der Waals surface area contributed by atoms with Crippen molar-refractivity contribution < 1.29 is 9.59 Å². The van der Waals surface area contributed by atoms with Gasteiger partial charge in [0.1, 0.15) is 4.83 Å². The van der Waals surface area contributed by atoms with E-state index in [1.807, 2.05) is 62.4 Å². The van der Waals surface area contributed by atoms with E-state index in [-0.39, 0.29) is 23.1 Å². The third-order valence-electron chi connectivity index (χ3n) is 6.25. The standard InChI is InChI=1S/C27H26N4O3S2/c1-16-4-8-19(9-5-16)28-23(33)15-35-27-29-25-24(21-12-13-30(18(3)32)14-22(21)36-25)26(34)31(27)20-10-6-17(2)7-11-20/h4-11H,12-15H2,1-3H3,(H,28,33). The van der Waals surface area contributed by atoms with Crippen LogP contribution in [0.25, 0.3) is 15.9 Å². The average molecular weight is 519 g/mol. The lowest BCUT2D eigenvalue weighted by atomic mass is 10.1. The summed E-state index contributed by atoms with van der Waals surface area (Å²) in [7, 11) is 0. The monoisotopic (exact) mass is 518 g/mol. The smallest absolute Gasteiger partial charge is 0.267 e. The molecule has 1 aliphatic rings. The summed E-state index contributed by atoms with van der Waals surface area (Å²) in [5, 5.41) is 3.99. The van der Waals surface area contributed by atoms with Gasteiger partial charge in [-0.2, -0.15) is 0 Å². The first-order valence-electron chi connectivity index (χ1n) is 11.7. The minimum atomic E-state index is -0.170. The number of aromatic nitrogens is 2. The van der Waals surface area contributed by atoms with Crippen LogP contribution in [-0.4, -0.2) is 38.6 Å². The summed E-state index contributed by atoms with van der Waals surface area (Å²) >= 11 is 2.70. The summed E-state index contributed by atoms with van der Waals surface area (Å²) in [4.78, 5) is 46.8. The van der Waals surface area contributed by atoms with Gasteiger partial charge >= 0.3 is 0 Å². The van der Waals surface area contributed by atoms with Crippen LogP contribution in [0.3, 0.4) is 0 Å². The van der Waals surface area contributed by atoms with Crippen LogP contribution in [0.1, 0.15) is 28.5 Å². The van der Waals surface area contributed by atoms with E-state index in [1.54, 1.807) is 16.4 Å². The van der Waals surface area contributed by atoms with Crippen LogP contribution in [0.4, 0.5) is 5.69 Å². The molecule has 184 valence electrons. The highest BCUT2D eigenvalue weighted by molar-refractivity contribution is 7.99. The molecule has 0 unspecified atom stereocenters. The van der Waals surface area contributed by atoms with Crippen molar-refractivity contribution in [3.8, 4) is 5.69 Å². The number of amides is 2. The Morgan fingerprint density at radius 1 is 1.06 bits per heavy atom. The molecule has 0 bridgehead atoms. The molecular formula is C27H26N4O3S2. The molecule has 0 aliphatic carbocycles. The minimum absolute atomic E-state index is 0.0268. The second kappa shape index (κ2) is 9.91. The van der Waals surface area contributed by atoms with E-state index in [0.717, 1.165) is 27.3 Å². The fourth-order valence-corrected chi connectivity index (χ4v) is 6.36. The number of rotatable bonds is 5. The Morgan fingerprint density at radius 3 is 2.39 bits per heavy atom. The van der Waals surface area contributed by atoms with Crippen molar-refractivity contribution in [1.29, 1.82) is 0 Å².